The van der Waals surface area contributed by atoms with Crippen LogP contribution in [0.5, 0.6) is 0 Å². The first-order chi connectivity index (χ1) is 10.3. The summed E-state index contributed by atoms with van der Waals surface area (Å²) in [5, 5.41) is 4.72. The minimum absolute atomic E-state index is 0.928. The Morgan fingerprint density at radius 1 is 0.714 bits per heavy atom. The number of hydrogen-bond acceptors (Lipinski definition) is 1. The lowest BCUT2D eigenvalue weighted by Crippen LogP contribution is -1.70. The standard InChI is InChI=1S/C18H10BrNO/c19-14-6-3-5-11-12-8-9-13-10-4-1-2-7-15(10)21-18(13)17(12)20-16(11)14/h1-9,20H. The molecule has 2 nitrogen and oxygen atoms in total. The van der Waals surface area contributed by atoms with Crippen LogP contribution in [0, 0.1) is 0 Å². The topological polar surface area (TPSA) is 28.9 Å². The average molecular weight is 336 g/mol. The first-order valence-corrected chi connectivity index (χ1v) is 7.62. The van der Waals surface area contributed by atoms with Gasteiger partial charge in [0, 0.05) is 26.0 Å². The monoisotopic (exact) mass is 335 g/mol. The van der Waals surface area contributed by atoms with Gasteiger partial charge in [0.1, 0.15) is 5.58 Å². The summed E-state index contributed by atoms with van der Waals surface area (Å²) in [6.07, 6.45) is 0. The highest BCUT2D eigenvalue weighted by molar-refractivity contribution is 9.10. The van der Waals surface area contributed by atoms with Crippen molar-refractivity contribution in [3.63, 3.8) is 0 Å². The third-order valence-electron chi connectivity index (χ3n) is 4.10. The predicted molar refractivity (Wildman–Crippen MR) is 90.8 cm³/mol. The van der Waals surface area contributed by atoms with E-state index in [1.807, 2.05) is 24.3 Å². The highest BCUT2D eigenvalue weighted by atomic mass is 79.9. The van der Waals surface area contributed by atoms with E-state index in [4.69, 9.17) is 4.42 Å². The average Bonchev–Trinajstić information content (AvgIpc) is 3.06. The third-order valence-corrected chi connectivity index (χ3v) is 4.76. The Balaban J connectivity index is 2.09. The van der Waals surface area contributed by atoms with Crippen molar-refractivity contribution in [1.82, 2.24) is 4.98 Å². The van der Waals surface area contributed by atoms with E-state index < -0.39 is 0 Å². The van der Waals surface area contributed by atoms with Crippen LogP contribution in [-0.2, 0) is 0 Å². The fourth-order valence-electron chi connectivity index (χ4n) is 3.14. The van der Waals surface area contributed by atoms with E-state index in [-0.39, 0.29) is 0 Å². The van der Waals surface area contributed by atoms with Gasteiger partial charge in [-0.1, -0.05) is 36.4 Å². The molecular weight excluding hydrogens is 326 g/mol. The van der Waals surface area contributed by atoms with Crippen molar-refractivity contribution in [1.29, 1.82) is 0 Å². The lowest BCUT2D eigenvalue weighted by atomic mass is 10.1. The molecule has 5 rings (SSSR count). The Hall–Kier alpha value is -2.26. The van der Waals surface area contributed by atoms with Crippen molar-refractivity contribution in [3.05, 3.63) is 59.1 Å². The molecule has 0 saturated carbocycles. The zero-order valence-corrected chi connectivity index (χ0v) is 12.6. The molecule has 0 aliphatic rings. The number of halogens is 1. The van der Waals surface area contributed by atoms with Crippen LogP contribution in [0.4, 0.5) is 0 Å². The Morgan fingerprint density at radius 3 is 2.43 bits per heavy atom. The fourth-order valence-corrected chi connectivity index (χ4v) is 3.60. The summed E-state index contributed by atoms with van der Waals surface area (Å²) in [7, 11) is 0. The number of hydrogen-bond donors (Lipinski definition) is 1. The second-order valence-electron chi connectivity index (χ2n) is 5.25. The van der Waals surface area contributed by atoms with Gasteiger partial charge in [-0.2, -0.15) is 0 Å². The first kappa shape index (κ1) is 11.4. The minimum Gasteiger partial charge on any atom is -0.454 e. The number of furan rings is 1. The lowest BCUT2D eigenvalue weighted by Gasteiger charge is -1.93. The summed E-state index contributed by atoms with van der Waals surface area (Å²) < 4.78 is 7.16. The number of aromatic amines is 1. The number of para-hydroxylation sites is 2. The van der Waals surface area contributed by atoms with Crippen LogP contribution in [0.1, 0.15) is 0 Å². The van der Waals surface area contributed by atoms with Gasteiger partial charge in [-0.05, 0) is 34.1 Å². The van der Waals surface area contributed by atoms with E-state index >= 15 is 0 Å². The number of nitrogens with one attached hydrogen (secondary N) is 1. The van der Waals surface area contributed by atoms with Crippen molar-refractivity contribution in [2.24, 2.45) is 0 Å². The van der Waals surface area contributed by atoms with Gasteiger partial charge in [-0.3, -0.25) is 0 Å². The quantitative estimate of drug-likeness (QED) is 0.370. The Bertz CT molecular complexity index is 1150. The molecular formula is C18H10BrNO. The van der Waals surface area contributed by atoms with Gasteiger partial charge in [0.25, 0.3) is 0 Å². The predicted octanol–water partition coefficient (Wildman–Crippen LogP) is 5.98. The Kier molecular flexibility index (Phi) is 2.11. The van der Waals surface area contributed by atoms with E-state index in [9.17, 15) is 0 Å². The molecule has 1 N–H and O–H groups in total. The van der Waals surface area contributed by atoms with Crippen LogP contribution in [0.2, 0.25) is 0 Å². The molecule has 0 spiro atoms. The van der Waals surface area contributed by atoms with Crippen molar-refractivity contribution < 1.29 is 4.42 Å². The normalized spacial score (nSPS) is 12.0. The molecule has 2 heterocycles. The van der Waals surface area contributed by atoms with Gasteiger partial charge in [-0.25, -0.2) is 0 Å². The molecule has 0 radical (unpaired) electrons. The molecule has 0 saturated heterocycles. The summed E-state index contributed by atoms with van der Waals surface area (Å²) in [5.74, 6) is 0. The van der Waals surface area contributed by atoms with Gasteiger partial charge in [-0.15, -0.1) is 0 Å². The molecule has 3 heteroatoms. The maximum Gasteiger partial charge on any atom is 0.159 e. The van der Waals surface area contributed by atoms with E-state index in [1.54, 1.807) is 0 Å². The number of benzene rings is 3. The van der Waals surface area contributed by atoms with Crippen molar-refractivity contribution in [2.45, 2.75) is 0 Å². The molecule has 5 aromatic rings. The Morgan fingerprint density at radius 2 is 1.48 bits per heavy atom. The van der Waals surface area contributed by atoms with E-state index in [0.717, 1.165) is 37.4 Å². The molecule has 0 fully saturated rings. The van der Waals surface area contributed by atoms with Crippen molar-refractivity contribution in [2.75, 3.05) is 0 Å². The van der Waals surface area contributed by atoms with E-state index in [0.29, 0.717) is 0 Å². The molecule has 3 aromatic carbocycles. The molecule has 2 aromatic heterocycles. The second kappa shape index (κ2) is 3.89. The van der Waals surface area contributed by atoms with Crippen LogP contribution in [0.25, 0.3) is 43.7 Å². The number of H-pyrrole nitrogens is 1. The molecule has 0 aliphatic carbocycles. The number of rotatable bonds is 0. The summed E-state index contributed by atoms with van der Waals surface area (Å²) in [4.78, 5) is 3.51. The van der Waals surface area contributed by atoms with Gasteiger partial charge >= 0.3 is 0 Å². The third kappa shape index (κ3) is 1.41. The van der Waals surface area contributed by atoms with Crippen LogP contribution >= 0.6 is 15.9 Å². The van der Waals surface area contributed by atoms with Crippen LogP contribution in [-0.4, -0.2) is 4.98 Å². The molecule has 0 bridgehead atoms. The van der Waals surface area contributed by atoms with Gasteiger partial charge in [0.15, 0.2) is 5.58 Å². The van der Waals surface area contributed by atoms with Gasteiger partial charge in [0.05, 0.1) is 11.0 Å². The fraction of sp³-hybridized carbons (Fsp3) is 0. The molecule has 0 unspecified atom stereocenters. The van der Waals surface area contributed by atoms with E-state index in [2.05, 4.69) is 51.2 Å². The van der Waals surface area contributed by atoms with Gasteiger partial charge < -0.3 is 9.40 Å². The van der Waals surface area contributed by atoms with Gasteiger partial charge in [0.2, 0.25) is 0 Å². The van der Waals surface area contributed by atoms with Crippen molar-refractivity contribution in [3.8, 4) is 0 Å². The number of aromatic nitrogens is 1. The largest absolute Gasteiger partial charge is 0.454 e. The second-order valence-corrected chi connectivity index (χ2v) is 6.10. The highest BCUT2D eigenvalue weighted by Gasteiger charge is 2.14. The lowest BCUT2D eigenvalue weighted by molar-refractivity contribution is 0.672. The SMILES string of the molecule is Brc1cccc2c1[nH]c1c2ccc2c3ccccc3oc21. The summed E-state index contributed by atoms with van der Waals surface area (Å²) in [6, 6.07) is 18.7. The smallest absolute Gasteiger partial charge is 0.159 e. The van der Waals surface area contributed by atoms with E-state index in [1.165, 1.54) is 10.8 Å². The minimum atomic E-state index is 0.928. The first-order valence-electron chi connectivity index (χ1n) is 6.83. The Labute approximate surface area is 128 Å². The van der Waals surface area contributed by atoms with Crippen molar-refractivity contribution >= 4 is 59.7 Å². The highest BCUT2D eigenvalue weighted by Crippen LogP contribution is 2.37. The van der Waals surface area contributed by atoms with Crippen LogP contribution in [0.3, 0.4) is 0 Å². The summed E-state index contributed by atoms with van der Waals surface area (Å²) in [6.45, 7) is 0. The zero-order valence-electron chi connectivity index (χ0n) is 11.0. The van der Waals surface area contributed by atoms with Crippen LogP contribution in [0.15, 0.2) is 63.5 Å². The molecule has 0 atom stereocenters. The molecule has 0 amide bonds. The maximum absolute atomic E-state index is 6.09. The maximum atomic E-state index is 6.09. The number of fused-ring (bicyclic) bond motifs is 7. The molecule has 100 valence electrons. The summed E-state index contributed by atoms with van der Waals surface area (Å²) >= 11 is 3.61. The van der Waals surface area contributed by atoms with Crippen LogP contribution < -0.4 is 0 Å². The summed E-state index contributed by atoms with van der Waals surface area (Å²) in [5.41, 5.74) is 4.03. The molecule has 0 aliphatic heterocycles. The zero-order chi connectivity index (χ0) is 14.0. The molecule has 21 heavy (non-hydrogen) atoms.